The van der Waals surface area contributed by atoms with Crippen LogP contribution in [0.3, 0.4) is 0 Å². The predicted octanol–water partition coefficient (Wildman–Crippen LogP) is 5.27. The minimum atomic E-state index is 0.516. The van der Waals surface area contributed by atoms with Crippen LogP contribution in [-0.2, 0) is 12.5 Å². The van der Waals surface area contributed by atoms with E-state index in [1.807, 2.05) is 38.1 Å². The van der Waals surface area contributed by atoms with E-state index in [1.54, 1.807) is 0 Å². The molecule has 0 amide bonds. The van der Waals surface area contributed by atoms with E-state index in [2.05, 4.69) is 12.1 Å². The minimum Gasteiger partial charge on any atom is -0.488 e. The average Bonchev–Trinajstić information content (AvgIpc) is 2.37. The summed E-state index contributed by atoms with van der Waals surface area (Å²) in [5.74, 6) is 1.45. The van der Waals surface area contributed by atoms with Gasteiger partial charge < -0.3 is 4.74 Å². The Morgan fingerprint density at radius 1 is 1.00 bits per heavy atom. The normalized spacial score (nSPS) is 10.5. The van der Waals surface area contributed by atoms with Crippen LogP contribution in [0, 0.1) is 13.8 Å². The van der Waals surface area contributed by atoms with Gasteiger partial charge in [-0.2, -0.15) is 0 Å². The molecule has 0 aliphatic carbocycles. The van der Waals surface area contributed by atoms with Gasteiger partial charge >= 0.3 is 0 Å². The Kier molecular flexibility index (Phi) is 4.73. The Labute approximate surface area is 124 Å². The molecule has 0 aliphatic rings. The molecule has 0 saturated carbocycles. The first-order chi connectivity index (χ1) is 9.10. The zero-order chi connectivity index (χ0) is 13.8. The Balaban J connectivity index is 2.16. The molecular formula is C16H16Cl2O. The number of rotatable bonds is 4. The lowest BCUT2D eigenvalue weighted by atomic mass is 10.1. The van der Waals surface area contributed by atoms with Crippen LogP contribution in [0.25, 0.3) is 0 Å². The second kappa shape index (κ2) is 6.31. The minimum absolute atomic E-state index is 0.516. The van der Waals surface area contributed by atoms with Gasteiger partial charge in [0.1, 0.15) is 12.4 Å². The molecule has 0 atom stereocenters. The first-order valence-corrected chi connectivity index (χ1v) is 7.04. The van der Waals surface area contributed by atoms with E-state index in [0.29, 0.717) is 12.5 Å². The Morgan fingerprint density at radius 3 is 2.26 bits per heavy atom. The molecular weight excluding hydrogens is 279 g/mol. The fourth-order valence-corrected chi connectivity index (χ4v) is 2.49. The summed E-state index contributed by atoms with van der Waals surface area (Å²) in [7, 11) is 0. The van der Waals surface area contributed by atoms with E-state index in [4.69, 9.17) is 27.9 Å². The third kappa shape index (κ3) is 3.65. The van der Waals surface area contributed by atoms with E-state index in [0.717, 1.165) is 33.0 Å². The fourth-order valence-electron chi connectivity index (χ4n) is 2.13. The van der Waals surface area contributed by atoms with Crippen molar-refractivity contribution in [3.8, 4) is 5.75 Å². The number of aryl methyl sites for hydroxylation is 2. The van der Waals surface area contributed by atoms with Crippen molar-refractivity contribution in [3.63, 3.8) is 0 Å². The largest absolute Gasteiger partial charge is 0.488 e. The smallest absolute Gasteiger partial charge is 0.125 e. The van der Waals surface area contributed by atoms with E-state index in [-0.39, 0.29) is 0 Å². The third-order valence-corrected chi connectivity index (χ3v) is 3.49. The van der Waals surface area contributed by atoms with Crippen LogP contribution in [0.15, 0.2) is 36.4 Å². The molecule has 2 aromatic rings. The van der Waals surface area contributed by atoms with Gasteiger partial charge in [-0.3, -0.25) is 0 Å². The van der Waals surface area contributed by atoms with Crippen LogP contribution in [0.4, 0.5) is 0 Å². The van der Waals surface area contributed by atoms with Crippen molar-refractivity contribution in [2.45, 2.75) is 26.3 Å². The molecule has 0 heterocycles. The number of hydrogen-bond acceptors (Lipinski definition) is 1. The number of benzene rings is 2. The Bertz CT molecular complexity index is 556. The van der Waals surface area contributed by atoms with E-state index in [1.165, 1.54) is 0 Å². The molecule has 19 heavy (non-hydrogen) atoms. The predicted molar refractivity (Wildman–Crippen MR) is 81.3 cm³/mol. The van der Waals surface area contributed by atoms with E-state index < -0.39 is 0 Å². The maximum absolute atomic E-state index is 5.96. The summed E-state index contributed by atoms with van der Waals surface area (Å²) in [6.07, 6.45) is 0. The van der Waals surface area contributed by atoms with Crippen LogP contribution in [0.1, 0.15) is 22.3 Å². The molecule has 3 heteroatoms. The van der Waals surface area contributed by atoms with Crippen molar-refractivity contribution in [3.05, 3.63) is 63.7 Å². The van der Waals surface area contributed by atoms with Crippen LogP contribution >= 0.6 is 23.2 Å². The molecule has 1 nitrogen and oxygen atoms in total. The lowest BCUT2D eigenvalue weighted by Gasteiger charge is -2.13. The maximum Gasteiger partial charge on any atom is 0.125 e. The van der Waals surface area contributed by atoms with Crippen LogP contribution in [-0.4, -0.2) is 0 Å². The summed E-state index contributed by atoms with van der Waals surface area (Å²) < 4.78 is 5.91. The van der Waals surface area contributed by atoms with Crippen molar-refractivity contribution in [1.82, 2.24) is 0 Å². The quantitative estimate of drug-likeness (QED) is 0.698. The van der Waals surface area contributed by atoms with Crippen molar-refractivity contribution >= 4 is 23.2 Å². The summed E-state index contributed by atoms with van der Waals surface area (Å²) in [6, 6.07) is 11.8. The fraction of sp³-hybridized carbons (Fsp3) is 0.250. The number of alkyl halides is 1. The number of hydrogen-bond donors (Lipinski definition) is 0. The third-order valence-electron chi connectivity index (χ3n) is 2.95. The molecule has 100 valence electrons. The maximum atomic E-state index is 5.96. The second-order valence-electron chi connectivity index (χ2n) is 4.61. The molecule has 2 aromatic carbocycles. The van der Waals surface area contributed by atoms with Gasteiger partial charge in [0, 0.05) is 10.9 Å². The molecule has 0 radical (unpaired) electrons. The van der Waals surface area contributed by atoms with Gasteiger partial charge in [-0.25, -0.2) is 0 Å². The summed E-state index contributed by atoms with van der Waals surface area (Å²) in [5, 5.41) is 0.729. The highest BCUT2D eigenvalue weighted by Gasteiger charge is 2.06. The lowest BCUT2D eigenvalue weighted by molar-refractivity contribution is 0.302. The van der Waals surface area contributed by atoms with E-state index >= 15 is 0 Å². The molecule has 0 fully saturated rings. The topological polar surface area (TPSA) is 9.23 Å². The summed E-state index contributed by atoms with van der Waals surface area (Å²) in [6.45, 7) is 4.59. The highest BCUT2D eigenvalue weighted by Crippen LogP contribution is 2.26. The molecule has 0 saturated heterocycles. The van der Waals surface area contributed by atoms with Gasteiger partial charge in [0.05, 0.1) is 0 Å². The zero-order valence-electron chi connectivity index (χ0n) is 11.0. The molecule has 0 aliphatic heterocycles. The van der Waals surface area contributed by atoms with Crippen molar-refractivity contribution in [1.29, 1.82) is 0 Å². The molecule has 0 spiro atoms. The van der Waals surface area contributed by atoms with Crippen molar-refractivity contribution in [2.75, 3.05) is 0 Å². The SMILES string of the molecule is Cc1cc(CCl)cc(C)c1OCc1cccc(Cl)c1. The average molecular weight is 295 g/mol. The molecule has 0 bridgehead atoms. The van der Waals surface area contributed by atoms with E-state index in [9.17, 15) is 0 Å². The van der Waals surface area contributed by atoms with Gasteiger partial charge in [-0.15, -0.1) is 11.6 Å². The van der Waals surface area contributed by atoms with Gasteiger partial charge in [-0.05, 0) is 48.2 Å². The first kappa shape index (κ1) is 14.2. The summed E-state index contributed by atoms with van der Waals surface area (Å²) in [4.78, 5) is 0. The monoisotopic (exact) mass is 294 g/mol. The van der Waals surface area contributed by atoms with Crippen LogP contribution in [0.5, 0.6) is 5.75 Å². The van der Waals surface area contributed by atoms with Crippen molar-refractivity contribution < 1.29 is 4.74 Å². The Morgan fingerprint density at radius 2 is 1.68 bits per heavy atom. The van der Waals surface area contributed by atoms with Gasteiger partial charge in [0.15, 0.2) is 0 Å². The number of halogens is 2. The number of ether oxygens (including phenoxy) is 1. The standard InChI is InChI=1S/C16H16Cl2O/c1-11-6-14(9-17)7-12(2)16(11)19-10-13-4-3-5-15(18)8-13/h3-8H,9-10H2,1-2H3. The summed E-state index contributed by atoms with van der Waals surface area (Å²) >= 11 is 11.8. The first-order valence-electron chi connectivity index (χ1n) is 6.13. The van der Waals surface area contributed by atoms with Crippen LogP contribution in [0.2, 0.25) is 5.02 Å². The van der Waals surface area contributed by atoms with Gasteiger partial charge in [0.25, 0.3) is 0 Å². The van der Waals surface area contributed by atoms with Gasteiger partial charge in [-0.1, -0.05) is 35.9 Å². The summed E-state index contributed by atoms with van der Waals surface area (Å²) in [5.41, 5.74) is 4.40. The molecule has 0 aromatic heterocycles. The van der Waals surface area contributed by atoms with Gasteiger partial charge in [0.2, 0.25) is 0 Å². The lowest BCUT2D eigenvalue weighted by Crippen LogP contribution is -1.99. The second-order valence-corrected chi connectivity index (χ2v) is 5.31. The molecule has 2 rings (SSSR count). The highest BCUT2D eigenvalue weighted by molar-refractivity contribution is 6.30. The molecule has 0 N–H and O–H groups in total. The van der Waals surface area contributed by atoms with Crippen molar-refractivity contribution in [2.24, 2.45) is 0 Å². The highest BCUT2D eigenvalue weighted by atomic mass is 35.5. The Hall–Kier alpha value is -1.18. The molecule has 0 unspecified atom stereocenters. The van der Waals surface area contributed by atoms with Crippen LogP contribution < -0.4 is 4.74 Å². The zero-order valence-corrected chi connectivity index (χ0v) is 12.6.